The minimum absolute atomic E-state index is 0.0298. The number of ether oxygens (including phenoxy) is 2. The molecule has 1 heterocycles. The van der Waals surface area contributed by atoms with E-state index in [1.807, 2.05) is 18.2 Å². The van der Waals surface area contributed by atoms with Gasteiger partial charge in [-0.2, -0.15) is 26.3 Å². The van der Waals surface area contributed by atoms with Crippen LogP contribution in [0, 0.1) is 11.3 Å². The highest BCUT2D eigenvalue weighted by Crippen LogP contribution is 2.46. The number of alkyl halides is 6. The van der Waals surface area contributed by atoms with Gasteiger partial charge in [-0.1, -0.05) is 26.3 Å². The maximum absolute atomic E-state index is 13.6. The van der Waals surface area contributed by atoms with E-state index in [4.69, 9.17) is 9.47 Å². The normalized spacial score (nSPS) is 22.0. The molecule has 1 aliphatic heterocycles. The summed E-state index contributed by atoms with van der Waals surface area (Å²) in [6.07, 6.45) is -7.29. The number of carbonyl (C=O) groups excluding carboxylic acids is 2. The number of allylic oxidation sites excluding steroid dienone is 1. The van der Waals surface area contributed by atoms with Gasteiger partial charge in [-0.3, -0.25) is 9.69 Å². The van der Waals surface area contributed by atoms with Gasteiger partial charge >= 0.3 is 18.4 Å². The van der Waals surface area contributed by atoms with Crippen LogP contribution in [0.1, 0.15) is 93.2 Å². The fourth-order valence-corrected chi connectivity index (χ4v) is 6.50. The highest BCUT2D eigenvalue weighted by atomic mass is 19.4. The number of halogens is 6. The van der Waals surface area contributed by atoms with Crippen molar-refractivity contribution in [2.75, 3.05) is 13.7 Å². The predicted molar refractivity (Wildman–Crippen MR) is 159 cm³/mol. The van der Waals surface area contributed by atoms with E-state index >= 15 is 0 Å². The Morgan fingerprint density at radius 3 is 2.26 bits per heavy atom. The van der Waals surface area contributed by atoms with Crippen LogP contribution in [0.5, 0.6) is 5.75 Å². The second-order valence-corrected chi connectivity index (χ2v) is 13.3. The van der Waals surface area contributed by atoms with Crippen molar-refractivity contribution < 1.29 is 45.4 Å². The van der Waals surface area contributed by atoms with Gasteiger partial charge in [0.15, 0.2) is 0 Å². The lowest BCUT2D eigenvalue weighted by Crippen LogP contribution is -2.35. The molecule has 250 valence electrons. The summed E-state index contributed by atoms with van der Waals surface area (Å²) in [7, 11) is 1.55. The lowest BCUT2D eigenvalue weighted by atomic mass is 9.72. The average Bonchev–Trinajstić information content (AvgIpc) is 3.22. The Kier molecular flexibility index (Phi) is 9.13. The van der Waals surface area contributed by atoms with Gasteiger partial charge in [0.2, 0.25) is 5.91 Å². The molecule has 2 aromatic carbocycles. The molecular formula is C34H38F6N2O4. The highest BCUT2D eigenvalue weighted by Gasteiger charge is 2.44. The van der Waals surface area contributed by atoms with Crippen molar-refractivity contribution in [3.63, 3.8) is 0 Å². The molecule has 0 spiro atoms. The molecular weight excluding hydrogens is 614 g/mol. The number of rotatable bonds is 8. The van der Waals surface area contributed by atoms with Gasteiger partial charge in [0, 0.05) is 24.6 Å². The van der Waals surface area contributed by atoms with Crippen LogP contribution in [0.25, 0.3) is 5.57 Å². The van der Waals surface area contributed by atoms with E-state index in [0.29, 0.717) is 37.3 Å². The summed E-state index contributed by atoms with van der Waals surface area (Å²) in [6.45, 7) is 6.18. The van der Waals surface area contributed by atoms with Gasteiger partial charge in [-0.25, -0.2) is 4.79 Å². The van der Waals surface area contributed by atoms with Gasteiger partial charge in [-0.05, 0) is 97.0 Å². The van der Waals surface area contributed by atoms with E-state index < -0.39 is 41.7 Å². The first-order chi connectivity index (χ1) is 21.5. The summed E-state index contributed by atoms with van der Waals surface area (Å²) in [5.41, 5.74) is 0.103. The van der Waals surface area contributed by atoms with Gasteiger partial charge in [-0.15, -0.1) is 0 Å². The molecule has 6 nitrogen and oxygen atoms in total. The van der Waals surface area contributed by atoms with Crippen LogP contribution in [0.2, 0.25) is 0 Å². The zero-order chi connectivity index (χ0) is 33.6. The summed E-state index contributed by atoms with van der Waals surface area (Å²) in [5, 5.41) is 3.00. The van der Waals surface area contributed by atoms with E-state index in [1.54, 1.807) is 14.0 Å². The monoisotopic (exact) mass is 652 g/mol. The smallest absolute Gasteiger partial charge is 0.416 e. The molecule has 2 atom stereocenters. The molecule has 1 saturated carbocycles. The van der Waals surface area contributed by atoms with Crippen LogP contribution < -0.4 is 10.1 Å². The van der Waals surface area contributed by atoms with Crippen molar-refractivity contribution in [3.8, 4) is 5.75 Å². The largest absolute Gasteiger partial charge is 0.496 e. The van der Waals surface area contributed by atoms with Crippen LogP contribution in [-0.2, 0) is 28.4 Å². The van der Waals surface area contributed by atoms with Crippen molar-refractivity contribution in [1.82, 2.24) is 10.2 Å². The number of hydrogen-bond acceptors (Lipinski definition) is 4. The van der Waals surface area contributed by atoms with Gasteiger partial charge in [0.1, 0.15) is 11.9 Å². The number of nitrogens with zero attached hydrogens (tertiary/aromatic N) is 1. The molecule has 46 heavy (non-hydrogen) atoms. The molecule has 3 aliphatic rings. The van der Waals surface area contributed by atoms with Crippen molar-refractivity contribution in [2.45, 2.75) is 90.3 Å². The zero-order valence-corrected chi connectivity index (χ0v) is 26.2. The summed E-state index contributed by atoms with van der Waals surface area (Å²) in [4.78, 5) is 27.0. The Balaban J connectivity index is 1.46. The number of benzene rings is 2. The molecule has 2 fully saturated rings. The Labute approximate surface area is 264 Å². The van der Waals surface area contributed by atoms with E-state index in [1.165, 1.54) is 4.90 Å². The average molecular weight is 653 g/mol. The summed E-state index contributed by atoms with van der Waals surface area (Å²) in [5.74, 6) is 0.691. The predicted octanol–water partition coefficient (Wildman–Crippen LogP) is 8.69. The molecule has 0 bridgehead atoms. The number of carbonyl (C=O) groups is 2. The zero-order valence-electron chi connectivity index (χ0n) is 26.2. The van der Waals surface area contributed by atoms with Crippen LogP contribution in [0.3, 0.4) is 0 Å². The quantitative estimate of drug-likeness (QED) is 0.290. The van der Waals surface area contributed by atoms with Gasteiger partial charge in [0.05, 0.1) is 24.3 Å². The molecule has 12 heteroatoms. The molecule has 2 aromatic rings. The Hall–Kier alpha value is -3.70. The maximum atomic E-state index is 13.6. The van der Waals surface area contributed by atoms with E-state index in [0.717, 1.165) is 48.0 Å². The molecule has 0 aromatic heterocycles. The fourth-order valence-electron chi connectivity index (χ4n) is 6.50. The van der Waals surface area contributed by atoms with E-state index in [9.17, 15) is 35.9 Å². The topological polar surface area (TPSA) is 67.9 Å². The Morgan fingerprint density at radius 1 is 1.04 bits per heavy atom. The first-order valence-corrected chi connectivity index (χ1v) is 15.4. The lowest BCUT2D eigenvalue weighted by Gasteiger charge is -2.36. The number of nitrogens with one attached hydrogen (secondary N) is 1. The third-order valence-corrected chi connectivity index (χ3v) is 9.39. The Bertz CT molecular complexity index is 1490. The third kappa shape index (κ3) is 7.15. The van der Waals surface area contributed by atoms with Crippen molar-refractivity contribution in [1.29, 1.82) is 0 Å². The SMILES string of the molecule is COc1ccc(CNC(=O)C2CCC2)cc1C1=C(CN2C(=O)O[C@H](c3cc(C(F)(F)F)cc(C(F)(F)F)c3)[C@@H]2C)CC(C)(C)CC1. The molecule has 5 rings (SSSR count). The minimum Gasteiger partial charge on any atom is -0.496 e. The number of amides is 2. The molecule has 0 unspecified atom stereocenters. The molecule has 0 radical (unpaired) electrons. The van der Waals surface area contributed by atoms with Crippen molar-refractivity contribution in [2.24, 2.45) is 11.3 Å². The van der Waals surface area contributed by atoms with Crippen molar-refractivity contribution >= 4 is 17.6 Å². The summed E-state index contributed by atoms with van der Waals surface area (Å²) < 4.78 is 92.6. The number of hydrogen-bond donors (Lipinski definition) is 1. The first kappa shape index (κ1) is 33.7. The molecule has 2 amide bonds. The van der Waals surface area contributed by atoms with Crippen LogP contribution >= 0.6 is 0 Å². The fraction of sp³-hybridized carbons (Fsp3) is 0.529. The molecule has 2 aliphatic carbocycles. The summed E-state index contributed by atoms with van der Waals surface area (Å²) >= 11 is 0. The number of methoxy groups -OCH3 is 1. The van der Waals surface area contributed by atoms with Crippen LogP contribution in [-0.4, -0.2) is 36.6 Å². The van der Waals surface area contributed by atoms with Crippen LogP contribution in [0.15, 0.2) is 42.0 Å². The maximum Gasteiger partial charge on any atom is 0.416 e. The highest BCUT2D eigenvalue weighted by molar-refractivity contribution is 5.80. The second kappa shape index (κ2) is 12.5. The molecule has 1 saturated heterocycles. The lowest BCUT2D eigenvalue weighted by molar-refractivity contribution is -0.143. The standard InChI is InChI=1S/C34H38F6N2O4/c1-19-29(22-13-24(33(35,36)37)15-25(14-22)34(38,39)40)46-31(44)42(19)18-23-16-32(2,3)11-10-26(23)27-12-20(8-9-28(27)45-4)17-41-30(43)21-6-5-7-21/h8-9,12-15,19,21,29H,5-7,10-11,16-18H2,1-4H3,(H,41,43)/t19-,29-/m0/s1. The third-order valence-electron chi connectivity index (χ3n) is 9.39. The molecule has 1 N–H and O–H groups in total. The van der Waals surface area contributed by atoms with E-state index in [-0.39, 0.29) is 35.4 Å². The summed E-state index contributed by atoms with van der Waals surface area (Å²) in [6, 6.07) is 6.10. The Morgan fingerprint density at radius 2 is 1.70 bits per heavy atom. The van der Waals surface area contributed by atoms with E-state index in [2.05, 4.69) is 19.2 Å². The van der Waals surface area contributed by atoms with Gasteiger partial charge < -0.3 is 14.8 Å². The van der Waals surface area contributed by atoms with Crippen LogP contribution in [0.4, 0.5) is 31.1 Å². The second-order valence-electron chi connectivity index (χ2n) is 13.3. The van der Waals surface area contributed by atoms with Gasteiger partial charge in [0.25, 0.3) is 0 Å². The van der Waals surface area contributed by atoms with Crippen molar-refractivity contribution in [3.05, 3.63) is 69.8 Å². The minimum atomic E-state index is -5.03. The number of cyclic esters (lactones) is 1. The first-order valence-electron chi connectivity index (χ1n) is 15.4.